The average molecular weight is 291 g/mol. The third kappa shape index (κ3) is 2.99. The molecular formula is C17H25NO3. The molecule has 0 aromatic heterocycles. The van der Waals surface area contributed by atoms with Gasteiger partial charge in [0.2, 0.25) is 0 Å². The van der Waals surface area contributed by atoms with Gasteiger partial charge in [0.05, 0.1) is 12.8 Å². The van der Waals surface area contributed by atoms with E-state index in [4.69, 9.17) is 4.74 Å². The van der Waals surface area contributed by atoms with Crippen LogP contribution in [0.5, 0.6) is 5.75 Å². The van der Waals surface area contributed by atoms with Gasteiger partial charge in [-0.15, -0.1) is 0 Å². The molecule has 0 heterocycles. The summed E-state index contributed by atoms with van der Waals surface area (Å²) in [6, 6.07) is 7.48. The van der Waals surface area contributed by atoms with E-state index in [0.29, 0.717) is 12.2 Å². The van der Waals surface area contributed by atoms with Gasteiger partial charge in [0, 0.05) is 0 Å². The predicted molar refractivity (Wildman–Crippen MR) is 83.8 cm³/mol. The molecule has 1 aliphatic rings. The van der Waals surface area contributed by atoms with Crippen molar-refractivity contribution in [1.82, 2.24) is 0 Å². The number of hydrogen-bond donors (Lipinski definition) is 2. The van der Waals surface area contributed by atoms with E-state index in [-0.39, 0.29) is 11.3 Å². The van der Waals surface area contributed by atoms with E-state index in [1.165, 1.54) is 0 Å². The van der Waals surface area contributed by atoms with E-state index >= 15 is 0 Å². The Morgan fingerprint density at radius 3 is 2.57 bits per heavy atom. The zero-order chi connectivity index (χ0) is 15.7. The van der Waals surface area contributed by atoms with Crippen LogP contribution in [0.4, 0.5) is 5.69 Å². The summed E-state index contributed by atoms with van der Waals surface area (Å²) in [7, 11) is 1.60. The lowest BCUT2D eigenvalue weighted by atomic mass is 9.63. The van der Waals surface area contributed by atoms with Crippen LogP contribution in [0.15, 0.2) is 24.3 Å². The van der Waals surface area contributed by atoms with Crippen molar-refractivity contribution in [2.75, 3.05) is 12.4 Å². The van der Waals surface area contributed by atoms with Crippen molar-refractivity contribution >= 4 is 11.7 Å². The largest absolute Gasteiger partial charge is 0.495 e. The Balaban J connectivity index is 2.34. The molecule has 0 radical (unpaired) electrons. The molecule has 0 bridgehead atoms. The zero-order valence-electron chi connectivity index (χ0n) is 13.3. The minimum Gasteiger partial charge on any atom is -0.495 e. The Bertz CT molecular complexity index is 527. The van der Waals surface area contributed by atoms with Gasteiger partial charge in [-0.25, -0.2) is 4.79 Å². The molecule has 0 aliphatic heterocycles. The van der Waals surface area contributed by atoms with Crippen LogP contribution in [0.2, 0.25) is 0 Å². The predicted octanol–water partition coefficient (Wildman–Crippen LogP) is 3.78. The number of benzene rings is 1. The standard InChI is InChI=1S/C17H25NO3/c1-12-11-16(2,3)9-10-17(12,15(19)20)18-13-7-5-6-8-14(13)21-4/h5-8,12,18H,9-11H2,1-4H3,(H,19,20). The number of nitrogens with one attached hydrogen (secondary N) is 1. The van der Waals surface area contributed by atoms with E-state index in [0.717, 1.165) is 18.5 Å². The maximum Gasteiger partial charge on any atom is 0.329 e. The van der Waals surface area contributed by atoms with Crippen molar-refractivity contribution in [3.8, 4) is 5.75 Å². The molecule has 1 aromatic rings. The fourth-order valence-corrected chi connectivity index (χ4v) is 3.43. The normalized spacial score (nSPS) is 27.9. The summed E-state index contributed by atoms with van der Waals surface area (Å²) in [6.45, 7) is 6.44. The smallest absolute Gasteiger partial charge is 0.329 e. The molecule has 0 saturated heterocycles. The van der Waals surface area contributed by atoms with E-state index in [1.807, 2.05) is 31.2 Å². The molecule has 21 heavy (non-hydrogen) atoms. The SMILES string of the molecule is COc1ccccc1NC1(C(=O)O)CCC(C)(C)CC1C. The number of carboxylic acids is 1. The Hall–Kier alpha value is -1.71. The lowest BCUT2D eigenvalue weighted by Gasteiger charge is -2.46. The van der Waals surface area contributed by atoms with Crippen molar-refractivity contribution in [2.24, 2.45) is 11.3 Å². The number of anilines is 1. The molecule has 2 unspecified atom stereocenters. The summed E-state index contributed by atoms with van der Waals surface area (Å²) in [5.74, 6) is -0.0600. The number of hydrogen-bond acceptors (Lipinski definition) is 3. The lowest BCUT2D eigenvalue weighted by molar-refractivity contribution is -0.146. The third-order valence-corrected chi connectivity index (χ3v) is 4.74. The van der Waals surface area contributed by atoms with Crippen molar-refractivity contribution in [3.05, 3.63) is 24.3 Å². The molecule has 1 aliphatic carbocycles. The Morgan fingerprint density at radius 2 is 2.00 bits per heavy atom. The highest BCUT2D eigenvalue weighted by Crippen LogP contribution is 2.46. The number of carbonyl (C=O) groups is 1. The summed E-state index contributed by atoms with van der Waals surface area (Å²) in [5.41, 5.74) is 0.0132. The van der Waals surface area contributed by atoms with E-state index in [1.54, 1.807) is 7.11 Å². The number of rotatable bonds is 4. The molecule has 2 N–H and O–H groups in total. The van der Waals surface area contributed by atoms with Crippen LogP contribution < -0.4 is 10.1 Å². The topological polar surface area (TPSA) is 58.6 Å². The van der Waals surface area contributed by atoms with Gasteiger partial charge in [-0.1, -0.05) is 32.9 Å². The lowest BCUT2D eigenvalue weighted by Crippen LogP contribution is -2.55. The highest BCUT2D eigenvalue weighted by Gasteiger charge is 2.49. The van der Waals surface area contributed by atoms with Gasteiger partial charge in [-0.2, -0.15) is 0 Å². The first kappa shape index (κ1) is 15.7. The number of carboxylic acid groups (broad SMARTS) is 1. The van der Waals surface area contributed by atoms with Crippen LogP contribution in [-0.2, 0) is 4.79 Å². The van der Waals surface area contributed by atoms with Crippen LogP contribution in [0, 0.1) is 11.3 Å². The second kappa shape index (κ2) is 5.58. The molecular weight excluding hydrogens is 266 g/mol. The molecule has 4 nitrogen and oxygen atoms in total. The van der Waals surface area contributed by atoms with Crippen LogP contribution in [0.3, 0.4) is 0 Å². The van der Waals surface area contributed by atoms with Crippen LogP contribution in [0.25, 0.3) is 0 Å². The summed E-state index contributed by atoms with van der Waals surface area (Å²) in [6.07, 6.45) is 2.40. The summed E-state index contributed by atoms with van der Waals surface area (Å²) >= 11 is 0. The van der Waals surface area contributed by atoms with E-state index in [9.17, 15) is 9.90 Å². The molecule has 1 fully saturated rings. The van der Waals surface area contributed by atoms with Crippen LogP contribution in [0.1, 0.15) is 40.0 Å². The third-order valence-electron chi connectivity index (χ3n) is 4.74. The first-order valence-corrected chi connectivity index (χ1v) is 7.45. The molecule has 1 aromatic carbocycles. The van der Waals surface area contributed by atoms with Gasteiger partial charge >= 0.3 is 5.97 Å². The second-order valence-corrected chi connectivity index (χ2v) is 6.87. The number of aliphatic carboxylic acids is 1. The summed E-state index contributed by atoms with van der Waals surface area (Å²) in [4.78, 5) is 12.0. The van der Waals surface area contributed by atoms with Crippen molar-refractivity contribution in [3.63, 3.8) is 0 Å². The number of para-hydroxylation sites is 2. The van der Waals surface area contributed by atoms with Crippen LogP contribution in [-0.4, -0.2) is 23.7 Å². The fraction of sp³-hybridized carbons (Fsp3) is 0.588. The van der Waals surface area contributed by atoms with E-state index in [2.05, 4.69) is 19.2 Å². The molecule has 2 atom stereocenters. The van der Waals surface area contributed by atoms with Crippen molar-refractivity contribution < 1.29 is 14.6 Å². The molecule has 116 valence electrons. The fourth-order valence-electron chi connectivity index (χ4n) is 3.43. The first-order chi connectivity index (χ1) is 9.81. The minimum absolute atomic E-state index is 0.0451. The summed E-state index contributed by atoms with van der Waals surface area (Å²) < 4.78 is 5.33. The summed E-state index contributed by atoms with van der Waals surface area (Å²) in [5, 5.41) is 13.1. The van der Waals surface area contributed by atoms with Gasteiger partial charge in [0.1, 0.15) is 11.3 Å². The van der Waals surface area contributed by atoms with Gasteiger partial charge in [-0.05, 0) is 42.7 Å². The Labute approximate surface area is 126 Å². The second-order valence-electron chi connectivity index (χ2n) is 6.87. The van der Waals surface area contributed by atoms with Gasteiger partial charge in [0.15, 0.2) is 0 Å². The maximum absolute atomic E-state index is 12.0. The van der Waals surface area contributed by atoms with Gasteiger partial charge in [0.25, 0.3) is 0 Å². The quantitative estimate of drug-likeness (QED) is 0.886. The van der Waals surface area contributed by atoms with Crippen LogP contribution >= 0.6 is 0 Å². The Morgan fingerprint density at radius 1 is 1.33 bits per heavy atom. The average Bonchev–Trinajstić information content (AvgIpc) is 2.42. The molecule has 4 heteroatoms. The monoisotopic (exact) mass is 291 g/mol. The number of ether oxygens (including phenoxy) is 1. The van der Waals surface area contributed by atoms with Gasteiger partial charge < -0.3 is 15.2 Å². The molecule has 2 rings (SSSR count). The van der Waals surface area contributed by atoms with Crippen molar-refractivity contribution in [2.45, 2.75) is 45.6 Å². The number of methoxy groups -OCH3 is 1. The minimum atomic E-state index is -0.926. The zero-order valence-corrected chi connectivity index (χ0v) is 13.3. The molecule has 0 spiro atoms. The van der Waals surface area contributed by atoms with E-state index < -0.39 is 11.5 Å². The Kier molecular flexibility index (Phi) is 4.17. The first-order valence-electron chi connectivity index (χ1n) is 7.45. The maximum atomic E-state index is 12.0. The van der Waals surface area contributed by atoms with Crippen molar-refractivity contribution in [1.29, 1.82) is 0 Å². The highest BCUT2D eigenvalue weighted by atomic mass is 16.5. The molecule has 1 saturated carbocycles. The molecule has 0 amide bonds. The van der Waals surface area contributed by atoms with Gasteiger partial charge in [-0.3, -0.25) is 0 Å². The highest BCUT2D eigenvalue weighted by molar-refractivity contribution is 5.84.